The van der Waals surface area contributed by atoms with Crippen LogP contribution in [0.15, 0.2) is 0 Å². The third-order valence-electron chi connectivity index (χ3n) is 2.82. The maximum Gasteiger partial charge on any atom is 0.497 e. The molecule has 0 N–H and O–H groups in total. The molecule has 0 fully saturated rings. The number of hydrogen-bond acceptors (Lipinski definition) is 6. The molecule has 140 valence electrons. The summed E-state index contributed by atoms with van der Waals surface area (Å²) < 4.78 is 33.8. The molecule has 0 aliphatic carbocycles. The molecule has 0 amide bonds. The van der Waals surface area contributed by atoms with Crippen molar-refractivity contribution in [2.24, 2.45) is 0 Å². The first kappa shape index (κ1) is 23.0. The molecule has 0 saturated carbocycles. The molecule has 0 aromatic heterocycles. The first-order valence-electron chi connectivity index (χ1n) is 8.83. The molecule has 7 heteroatoms. The quantitative estimate of drug-likeness (QED) is 0.279. The maximum absolute atomic E-state index is 5.85. The second kappa shape index (κ2) is 16.8. The fourth-order valence-corrected chi connectivity index (χ4v) is 3.33. The predicted molar refractivity (Wildman–Crippen MR) is 92.8 cm³/mol. The highest BCUT2D eigenvalue weighted by Gasteiger charge is 2.34. The fourth-order valence-electron chi connectivity index (χ4n) is 1.72. The van der Waals surface area contributed by atoms with Gasteiger partial charge in [0.1, 0.15) is 0 Å². The van der Waals surface area contributed by atoms with Gasteiger partial charge in [0.15, 0.2) is 0 Å². The van der Waals surface area contributed by atoms with Crippen LogP contribution in [0.5, 0.6) is 0 Å². The Morgan fingerprint density at radius 1 is 0.478 bits per heavy atom. The summed E-state index contributed by atoms with van der Waals surface area (Å²) in [5.41, 5.74) is 0. The Bertz CT molecular complexity index is 207. The lowest BCUT2D eigenvalue weighted by molar-refractivity contribution is 0.00446. The second-order valence-electron chi connectivity index (χ2n) is 5.24. The van der Waals surface area contributed by atoms with Crippen molar-refractivity contribution in [3.8, 4) is 0 Å². The summed E-state index contributed by atoms with van der Waals surface area (Å²) in [6.07, 6.45) is 3.02. The van der Waals surface area contributed by atoms with Crippen LogP contribution in [0.1, 0.15) is 40.0 Å². The molecule has 23 heavy (non-hydrogen) atoms. The van der Waals surface area contributed by atoms with Crippen molar-refractivity contribution in [2.45, 2.75) is 46.6 Å². The molecule has 0 aromatic rings. The standard InChI is InChI=1S/C16H36O6Si/c1-5-8-17-11-14-20-23(4,21-15-12-18-9-6-2)22-16-13-19-10-7-3/h5-16H2,1-4H3. The molecular formula is C16H36O6Si. The largest absolute Gasteiger partial charge is 0.497 e. The molecule has 0 aromatic carbocycles. The van der Waals surface area contributed by atoms with E-state index in [1.807, 2.05) is 6.55 Å². The third-order valence-corrected chi connectivity index (χ3v) is 5.01. The van der Waals surface area contributed by atoms with E-state index < -0.39 is 8.80 Å². The van der Waals surface area contributed by atoms with Crippen molar-refractivity contribution in [1.82, 2.24) is 0 Å². The first-order valence-corrected chi connectivity index (χ1v) is 11.1. The van der Waals surface area contributed by atoms with E-state index in [1.165, 1.54) is 0 Å². The molecule has 0 heterocycles. The van der Waals surface area contributed by atoms with Crippen LogP contribution < -0.4 is 0 Å². The van der Waals surface area contributed by atoms with Crippen molar-refractivity contribution in [2.75, 3.05) is 59.5 Å². The number of ether oxygens (including phenoxy) is 3. The molecule has 0 bridgehead atoms. The Labute approximate surface area is 143 Å². The molecule has 0 radical (unpaired) electrons. The summed E-state index contributed by atoms with van der Waals surface area (Å²) in [6.45, 7) is 13.5. The predicted octanol–water partition coefficient (Wildman–Crippen LogP) is 2.88. The van der Waals surface area contributed by atoms with Gasteiger partial charge < -0.3 is 27.5 Å². The maximum atomic E-state index is 5.85. The average Bonchev–Trinajstić information content (AvgIpc) is 2.54. The van der Waals surface area contributed by atoms with E-state index in [4.69, 9.17) is 27.5 Å². The first-order chi connectivity index (χ1) is 11.2. The zero-order chi connectivity index (χ0) is 17.2. The lowest BCUT2D eigenvalue weighted by Gasteiger charge is -2.26. The van der Waals surface area contributed by atoms with Gasteiger partial charge in [0.25, 0.3) is 0 Å². The minimum Gasteiger partial charge on any atom is -0.379 e. The van der Waals surface area contributed by atoms with Crippen molar-refractivity contribution >= 4 is 8.80 Å². The van der Waals surface area contributed by atoms with Gasteiger partial charge >= 0.3 is 8.80 Å². The lowest BCUT2D eigenvalue weighted by atomic mass is 10.5. The lowest BCUT2D eigenvalue weighted by Crippen LogP contribution is -2.45. The van der Waals surface area contributed by atoms with Gasteiger partial charge in [0, 0.05) is 26.4 Å². The molecule has 0 saturated heterocycles. The van der Waals surface area contributed by atoms with Gasteiger partial charge in [-0.05, 0) is 19.3 Å². The molecule has 0 atom stereocenters. The van der Waals surface area contributed by atoms with Gasteiger partial charge in [-0.2, -0.15) is 0 Å². The summed E-state index contributed by atoms with van der Waals surface area (Å²) in [6, 6.07) is 0. The van der Waals surface area contributed by atoms with Crippen LogP contribution in [0.3, 0.4) is 0 Å². The Hall–Kier alpha value is -0.0231. The van der Waals surface area contributed by atoms with Crippen LogP contribution in [0, 0.1) is 0 Å². The normalized spacial score (nSPS) is 12.0. The Balaban J connectivity index is 4.00. The highest BCUT2D eigenvalue weighted by Crippen LogP contribution is 2.09. The van der Waals surface area contributed by atoms with Gasteiger partial charge in [-0.3, -0.25) is 0 Å². The summed E-state index contributed by atoms with van der Waals surface area (Å²) in [5.74, 6) is 0. The average molecular weight is 353 g/mol. The minimum absolute atomic E-state index is 0.481. The Kier molecular flexibility index (Phi) is 16.8. The number of hydrogen-bond donors (Lipinski definition) is 0. The van der Waals surface area contributed by atoms with Crippen LogP contribution in [0.25, 0.3) is 0 Å². The third kappa shape index (κ3) is 15.3. The molecule has 0 aliphatic rings. The van der Waals surface area contributed by atoms with Crippen LogP contribution in [-0.2, 0) is 27.5 Å². The molecule has 0 aliphatic heterocycles. The highest BCUT2D eigenvalue weighted by molar-refractivity contribution is 6.59. The minimum atomic E-state index is -2.67. The Morgan fingerprint density at radius 3 is 1.04 bits per heavy atom. The van der Waals surface area contributed by atoms with Crippen LogP contribution in [0.4, 0.5) is 0 Å². The monoisotopic (exact) mass is 352 g/mol. The van der Waals surface area contributed by atoms with E-state index in [-0.39, 0.29) is 0 Å². The smallest absolute Gasteiger partial charge is 0.379 e. The SMILES string of the molecule is CCCOCCO[Si](C)(OCCOCCC)OCCOCCC. The van der Waals surface area contributed by atoms with E-state index in [0.29, 0.717) is 39.6 Å². The summed E-state index contributed by atoms with van der Waals surface area (Å²) >= 11 is 0. The van der Waals surface area contributed by atoms with Crippen molar-refractivity contribution in [3.05, 3.63) is 0 Å². The summed E-state index contributed by atoms with van der Waals surface area (Å²) in [4.78, 5) is 0. The van der Waals surface area contributed by atoms with E-state index in [0.717, 1.165) is 39.1 Å². The van der Waals surface area contributed by atoms with Gasteiger partial charge in [-0.15, -0.1) is 0 Å². The number of rotatable bonds is 18. The van der Waals surface area contributed by atoms with E-state index in [9.17, 15) is 0 Å². The Morgan fingerprint density at radius 2 is 0.783 bits per heavy atom. The van der Waals surface area contributed by atoms with Crippen LogP contribution in [0.2, 0.25) is 6.55 Å². The van der Waals surface area contributed by atoms with Gasteiger partial charge in [-0.25, -0.2) is 0 Å². The molecule has 6 nitrogen and oxygen atoms in total. The van der Waals surface area contributed by atoms with Crippen LogP contribution in [-0.4, -0.2) is 68.3 Å². The van der Waals surface area contributed by atoms with Crippen LogP contribution >= 0.6 is 0 Å². The van der Waals surface area contributed by atoms with Crippen molar-refractivity contribution < 1.29 is 27.5 Å². The second-order valence-corrected chi connectivity index (χ2v) is 7.84. The van der Waals surface area contributed by atoms with E-state index >= 15 is 0 Å². The van der Waals surface area contributed by atoms with Crippen molar-refractivity contribution in [3.63, 3.8) is 0 Å². The van der Waals surface area contributed by atoms with Gasteiger partial charge in [0.05, 0.1) is 39.6 Å². The zero-order valence-electron chi connectivity index (χ0n) is 15.4. The molecule has 0 spiro atoms. The molecule has 0 rings (SSSR count). The van der Waals surface area contributed by atoms with E-state index in [2.05, 4.69) is 20.8 Å². The summed E-state index contributed by atoms with van der Waals surface area (Å²) in [5, 5.41) is 0. The van der Waals surface area contributed by atoms with Crippen molar-refractivity contribution in [1.29, 1.82) is 0 Å². The van der Waals surface area contributed by atoms with E-state index in [1.54, 1.807) is 0 Å². The fraction of sp³-hybridized carbons (Fsp3) is 1.00. The zero-order valence-corrected chi connectivity index (χ0v) is 16.4. The summed E-state index contributed by atoms with van der Waals surface area (Å²) in [7, 11) is -2.67. The highest BCUT2D eigenvalue weighted by atomic mass is 28.4. The topological polar surface area (TPSA) is 55.4 Å². The van der Waals surface area contributed by atoms with Gasteiger partial charge in [-0.1, -0.05) is 20.8 Å². The molecule has 0 unspecified atom stereocenters. The van der Waals surface area contributed by atoms with Gasteiger partial charge in [0.2, 0.25) is 0 Å². The molecular weight excluding hydrogens is 316 g/mol.